The summed E-state index contributed by atoms with van der Waals surface area (Å²) < 4.78 is 2.21. The van der Waals surface area contributed by atoms with Crippen molar-refractivity contribution in [2.45, 2.75) is 6.92 Å². The molecule has 0 saturated heterocycles. The van der Waals surface area contributed by atoms with Gasteiger partial charge in [-0.1, -0.05) is 0 Å². The number of aromatic amines is 1. The van der Waals surface area contributed by atoms with Crippen molar-refractivity contribution in [2.75, 3.05) is 0 Å². The first-order valence-electron chi connectivity index (χ1n) is 4.27. The Bertz CT molecular complexity index is 696. The van der Waals surface area contributed by atoms with Crippen molar-refractivity contribution in [1.29, 1.82) is 5.26 Å². The number of nitrogens with one attached hydrogen (secondary N) is 1. The van der Waals surface area contributed by atoms with E-state index >= 15 is 0 Å². The molecule has 6 heteroatoms. The van der Waals surface area contributed by atoms with Gasteiger partial charge in [0.05, 0.1) is 5.56 Å². The molecule has 0 atom stereocenters. The molecule has 6 nitrogen and oxygen atoms in total. The second kappa shape index (κ2) is 2.85. The molecule has 0 aliphatic carbocycles. The molecule has 2 aromatic rings. The van der Waals surface area contributed by atoms with Crippen LogP contribution in [-0.4, -0.2) is 14.0 Å². The first kappa shape index (κ1) is 9.27. The van der Waals surface area contributed by atoms with Gasteiger partial charge in [0.1, 0.15) is 11.7 Å². The van der Waals surface area contributed by atoms with Crippen LogP contribution in [0.25, 0.3) is 5.65 Å². The molecular weight excluding hydrogens is 196 g/mol. The minimum absolute atomic E-state index is 0.253. The lowest BCUT2D eigenvalue weighted by atomic mass is 10.2. The predicted octanol–water partition coefficient (Wildman–Crippen LogP) is -0.494. The molecule has 76 valence electrons. The van der Waals surface area contributed by atoms with Gasteiger partial charge in [0.2, 0.25) is 0 Å². The van der Waals surface area contributed by atoms with Crippen molar-refractivity contribution in [2.24, 2.45) is 7.05 Å². The predicted molar refractivity (Wildman–Crippen MR) is 52.7 cm³/mol. The summed E-state index contributed by atoms with van der Waals surface area (Å²) in [5.74, 6) is 0. The monoisotopic (exact) mass is 204 g/mol. The van der Waals surface area contributed by atoms with Crippen molar-refractivity contribution in [3.63, 3.8) is 0 Å². The first-order chi connectivity index (χ1) is 7.06. The fourth-order valence-electron chi connectivity index (χ4n) is 1.48. The topological polar surface area (TPSA) is 83.1 Å². The summed E-state index contributed by atoms with van der Waals surface area (Å²) in [7, 11) is 1.38. The number of H-pyrrole nitrogens is 1. The Morgan fingerprint density at radius 1 is 1.47 bits per heavy atom. The molecule has 0 fully saturated rings. The van der Waals surface area contributed by atoms with Crippen molar-refractivity contribution in [1.82, 2.24) is 14.0 Å². The summed E-state index contributed by atoms with van der Waals surface area (Å²) >= 11 is 0. The Kier molecular flexibility index (Phi) is 1.76. The maximum atomic E-state index is 11.6. The molecule has 0 saturated carbocycles. The number of fused-ring (bicyclic) bond motifs is 1. The molecule has 0 bridgehead atoms. The molecule has 2 aromatic heterocycles. The van der Waals surface area contributed by atoms with E-state index in [0.29, 0.717) is 11.1 Å². The van der Waals surface area contributed by atoms with Gasteiger partial charge in [0.15, 0.2) is 0 Å². The zero-order valence-corrected chi connectivity index (χ0v) is 8.24. The quantitative estimate of drug-likeness (QED) is 0.628. The van der Waals surface area contributed by atoms with Crippen molar-refractivity contribution in [3.05, 3.63) is 38.3 Å². The maximum absolute atomic E-state index is 11.6. The maximum Gasteiger partial charge on any atom is 0.337 e. The molecule has 0 aliphatic heterocycles. The van der Waals surface area contributed by atoms with Crippen LogP contribution in [-0.2, 0) is 7.05 Å². The molecule has 1 N–H and O–H groups in total. The second-order valence-electron chi connectivity index (χ2n) is 3.29. The summed E-state index contributed by atoms with van der Waals surface area (Å²) in [5.41, 5.74) is 0.254. The van der Waals surface area contributed by atoms with Gasteiger partial charge in [-0.2, -0.15) is 5.26 Å². The highest BCUT2D eigenvalue weighted by Crippen LogP contribution is 2.11. The summed E-state index contributed by atoms with van der Waals surface area (Å²) in [5, 5.41) is 8.86. The third-order valence-corrected chi connectivity index (χ3v) is 2.33. The number of aromatic nitrogens is 3. The van der Waals surface area contributed by atoms with E-state index in [1.165, 1.54) is 17.6 Å². The third kappa shape index (κ3) is 1.10. The SMILES string of the molecule is Cc1cn2c(=O)n(C)c(=O)[nH]c2c1C#N. The Hall–Kier alpha value is -2.29. The summed E-state index contributed by atoms with van der Waals surface area (Å²) in [4.78, 5) is 25.4. The number of hydrogen-bond donors (Lipinski definition) is 1. The number of nitrogens with zero attached hydrogens (tertiary/aromatic N) is 3. The van der Waals surface area contributed by atoms with Crippen LogP contribution >= 0.6 is 0 Å². The zero-order chi connectivity index (χ0) is 11.2. The highest BCUT2D eigenvalue weighted by molar-refractivity contribution is 5.59. The van der Waals surface area contributed by atoms with Crippen LogP contribution in [0.3, 0.4) is 0 Å². The van der Waals surface area contributed by atoms with E-state index in [2.05, 4.69) is 4.98 Å². The van der Waals surface area contributed by atoms with Gasteiger partial charge in [-0.05, 0) is 12.5 Å². The highest BCUT2D eigenvalue weighted by atomic mass is 16.2. The van der Waals surface area contributed by atoms with Gasteiger partial charge in [-0.3, -0.25) is 9.38 Å². The number of nitriles is 1. The Labute approximate surface area is 84.0 Å². The number of rotatable bonds is 0. The molecule has 0 aliphatic rings. The zero-order valence-electron chi connectivity index (χ0n) is 8.24. The minimum Gasteiger partial charge on any atom is -0.292 e. The molecular formula is C9H8N4O2. The molecule has 2 rings (SSSR count). The Morgan fingerprint density at radius 2 is 2.13 bits per heavy atom. The van der Waals surface area contributed by atoms with Crippen LogP contribution in [0, 0.1) is 18.3 Å². The molecule has 0 unspecified atom stereocenters. The van der Waals surface area contributed by atoms with E-state index < -0.39 is 11.4 Å². The van der Waals surface area contributed by atoms with Crippen molar-refractivity contribution >= 4 is 5.65 Å². The van der Waals surface area contributed by atoms with E-state index in [4.69, 9.17) is 5.26 Å². The summed E-state index contributed by atoms with van der Waals surface area (Å²) in [6.07, 6.45) is 1.53. The molecule has 0 aromatic carbocycles. The number of aryl methyl sites for hydroxylation is 1. The molecule has 2 heterocycles. The van der Waals surface area contributed by atoms with E-state index in [0.717, 1.165) is 4.57 Å². The van der Waals surface area contributed by atoms with Crippen molar-refractivity contribution < 1.29 is 0 Å². The van der Waals surface area contributed by atoms with Gasteiger partial charge >= 0.3 is 11.4 Å². The normalized spacial score (nSPS) is 10.5. The van der Waals surface area contributed by atoms with E-state index in [1.807, 2.05) is 6.07 Å². The lowest BCUT2D eigenvalue weighted by Gasteiger charge is -1.97. The Balaban J connectivity index is 3.14. The van der Waals surface area contributed by atoms with Crippen LogP contribution in [0.1, 0.15) is 11.1 Å². The van der Waals surface area contributed by atoms with E-state index in [-0.39, 0.29) is 5.65 Å². The van der Waals surface area contributed by atoms with Gasteiger partial charge in [-0.15, -0.1) is 0 Å². The lowest BCUT2D eigenvalue weighted by Crippen LogP contribution is -2.36. The van der Waals surface area contributed by atoms with Crippen LogP contribution in [0.15, 0.2) is 15.8 Å². The Morgan fingerprint density at radius 3 is 2.73 bits per heavy atom. The average Bonchev–Trinajstić information content (AvgIpc) is 2.51. The highest BCUT2D eigenvalue weighted by Gasteiger charge is 2.11. The molecule has 0 spiro atoms. The van der Waals surface area contributed by atoms with E-state index in [1.54, 1.807) is 6.92 Å². The van der Waals surface area contributed by atoms with Crippen LogP contribution in [0.2, 0.25) is 0 Å². The summed E-state index contributed by atoms with van der Waals surface area (Å²) in [6.45, 7) is 1.71. The third-order valence-electron chi connectivity index (χ3n) is 2.33. The largest absolute Gasteiger partial charge is 0.337 e. The van der Waals surface area contributed by atoms with Crippen LogP contribution in [0.5, 0.6) is 0 Å². The summed E-state index contributed by atoms with van der Waals surface area (Å²) in [6, 6.07) is 1.95. The molecule has 0 amide bonds. The second-order valence-corrected chi connectivity index (χ2v) is 3.29. The molecule has 15 heavy (non-hydrogen) atoms. The van der Waals surface area contributed by atoms with Gasteiger partial charge < -0.3 is 0 Å². The standard InChI is InChI=1S/C9H8N4O2/c1-5-4-13-7(6(5)3-10)11-8(14)12(2)9(13)15/h4H,1-2H3,(H,11,14). The lowest BCUT2D eigenvalue weighted by molar-refractivity contribution is 0.721. The smallest absolute Gasteiger partial charge is 0.292 e. The fourth-order valence-corrected chi connectivity index (χ4v) is 1.48. The molecule has 0 radical (unpaired) electrons. The minimum atomic E-state index is -0.526. The van der Waals surface area contributed by atoms with Gasteiger partial charge in [-0.25, -0.2) is 14.2 Å². The van der Waals surface area contributed by atoms with Gasteiger partial charge in [0, 0.05) is 13.2 Å². The van der Waals surface area contributed by atoms with Gasteiger partial charge in [0.25, 0.3) is 0 Å². The average molecular weight is 204 g/mol. The van der Waals surface area contributed by atoms with E-state index in [9.17, 15) is 9.59 Å². The fraction of sp³-hybridized carbons (Fsp3) is 0.222. The van der Waals surface area contributed by atoms with Crippen LogP contribution < -0.4 is 11.4 Å². The first-order valence-corrected chi connectivity index (χ1v) is 4.27. The van der Waals surface area contributed by atoms with Crippen molar-refractivity contribution in [3.8, 4) is 6.07 Å². The van der Waals surface area contributed by atoms with Crippen LogP contribution in [0.4, 0.5) is 0 Å². The number of hydrogen-bond acceptors (Lipinski definition) is 3.